The Balaban J connectivity index is 0.791. The van der Waals surface area contributed by atoms with Gasteiger partial charge in [-0.15, -0.1) is 0 Å². The van der Waals surface area contributed by atoms with Crippen LogP contribution in [0.1, 0.15) is 91.9 Å². The number of hydrogen-bond donors (Lipinski definition) is 14. The van der Waals surface area contributed by atoms with Crippen molar-refractivity contribution < 1.29 is 119 Å². The third kappa shape index (κ3) is 10.6. The number of aliphatic hydroxyl groups is 14. The molecule has 9 rings (SSSR count). The van der Waals surface area contributed by atoms with Crippen LogP contribution in [0.4, 0.5) is 0 Å². The minimum atomic E-state index is -1.91. The molecule has 0 aromatic carbocycles. The van der Waals surface area contributed by atoms with Crippen LogP contribution in [0.25, 0.3) is 0 Å². The number of rotatable bonds is 17. The Morgan fingerprint density at radius 3 is 1.70 bits per heavy atom. The summed E-state index contributed by atoms with van der Waals surface area (Å²) >= 11 is 0. The first-order chi connectivity index (χ1) is 36.1. The topological polar surface area (TPSA) is 376 Å². The van der Waals surface area contributed by atoms with Crippen molar-refractivity contribution >= 4 is 0 Å². The Labute approximate surface area is 443 Å². The van der Waals surface area contributed by atoms with Gasteiger partial charge in [0.2, 0.25) is 0 Å². The van der Waals surface area contributed by atoms with Gasteiger partial charge in [0.15, 0.2) is 30.9 Å². The van der Waals surface area contributed by atoms with Gasteiger partial charge in [-0.2, -0.15) is 0 Å². The summed E-state index contributed by atoms with van der Waals surface area (Å²) in [6, 6.07) is 0. The molecule has 9 fully saturated rings. The van der Waals surface area contributed by atoms with E-state index in [1.165, 1.54) is 0 Å². The number of fused-ring (bicyclic) bond motifs is 7. The molecule has 0 amide bonds. The highest BCUT2D eigenvalue weighted by Crippen LogP contribution is 2.71. The van der Waals surface area contributed by atoms with Gasteiger partial charge in [0.05, 0.1) is 45.2 Å². The van der Waals surface area contributed by atoms with Gasteiger partial charge in [0.1, 0.15) is 97.7 Å². The van der Waals surface area contributed by atoms with Crippen molar-refractivity contribution in [3.8, 4) is 0 Å². The lowest BCUT2D eigenvalue weighted by Crippen LogP contribution is -2.67. The minimum absolute atomic E-state index is 0.00845. The molecule has 0 radical (unpaired) electrons. The number of ether oxygens (including phenoxy) is 10. The van der Waals surface area contributed by atoms with Crippen LogP contribution in [0.15, 0.2) is 0 Å². The van der Waals surface area contributed by atoms with Crippen molar-refractivity contribution in [1.82, 2.24) is 0 Å². The summed E-state index contributed by atoms with van der Waals surface area (Å²) in [6.45, 7) is 6.56. The molecule has 5 aliphatic heterocycles. The van der Waals surface area contributed by atoms with E-state index in [1.54, 1.807) is 7.11 Å². The van der Waals surface area contributed by atoms with Crippen molar-refractivity contribution in [3.05, 3.63) is 0 Å². The molecule has 24 nitrogen and oxygen atoms in total. The van der Waals surface area contributed by atoms with Gasteiger partial charge in [-0.1, -0.05) is 27.7 Å². The molecule has 14 N–H and O–H groups in total. The first-order valence-electron chi connectivity index (χ1n) is 27.8. The Bertz CT molecular complexity index is 1890. The minimum Gasteiger partial charge on any atom is -0.394 e. The second kappa shape index (κ2) is 23.7. The molecule has 0 bridgehead atoms. The first kappa shape index (κ1) is 59.7. The third-order valence-corrected chi connectivity index (χ3v) is 20.4. The van der Waals surface area contributed by atoms with Gasteiger partial charge in [-0.25, -0.2) is 0 Å². The molecule has 5 saturated heterocycles. The Morgan fingerprint density at radius 2 is 1.07 bits per heavy atom. The summed E-state index contributed by atoms with van der Waals surface area (Å²) in [7, 11) is 1.72. The van der Waals surface area contributed by atoms with Crippen LogP contribution >= 0.6 is 0 Å². The molecular weight excluding hydrogens is 1010 g/mol. The van der Waals surface area contributed by atoms with Crippen LogP contribution in [-0.2, 0) is 47.4 Å². The van der Waals surface area contributed by atoms with Crippen LogP contribution in [0.2, 0.25) is 0 Å². The van der Waals surface area contributed by atoms with Gasteiger partial charge >= 0.3 is 0 Å². The Kier molecular flexibility index (Phi) is 18.6. The summed E-state index contributed by atoms with van der Waals surface area (Å²) in [6.07, 6.45) is -23.3. The lowest BCUT2D eigenvalue weighted by atomic mass is 9.44. The highest BCUT2D eigenvalue weighted by atomic mass is 16.8. The van der Waals surface area contributed by atoms with Crippen molar-refractivity contribution in [2.75, 3.05) is 40.1 Å². The summed E-state index contributed by atoms with van der Waals surface area (Å²) in [4.78, 5) is 0. The van der Waals surface area contributed by atoms with Crippen molar-refractivity contribution in [2.24, 2.45) is 52.3 Å². The average molecular weight is 1100 g/mol. The second-order valence-corrected chi connectivity index (χ2v) is 24.4. The molecule has 440 valence electrons. The molecule has 4 aliphatic carbocycles. The molecule has 4 saturated carbocycles. The van der Waals surface area contributed by atoms with E-state index in [-0.39, 0.29) is 41.5 Å². The van der Waals surface area contributed by atoms with E-state index in [2.05, 4.69) is 20.8 Å². The summed E-state index contributed by atoms with van der Waals surface area (Å²) in [5.74, 6) is 1.46. The monoisotopic (exact) mass is 1100 g/mol. The van der Waals surface area contributed by atoms with Crippen LogP contribution in [0.3, 0.4) is 0 Å². The zero-order valence-corrected chi connectivity index (χ0v) is 44.2. The molecular formula is C52H88O24. The van der Waals surface area contributed by atoms with Crippen LogP contribution in [0.5, 0.6) is 0 Å². The molecule has 0 aromatic rings. The van der Waals surface area contributed by atoms with Crippen LogP contribution in [-0.4, -0.2) is 252 Å². The fourth-order valence-electron chi connectivity index (χ4n) is 16.0. The molecule has 32 atom stereocenters. The maximum absolute atomic E-state index is 11.6. The van der Waals surface area contributed by atoms with E-state index in [0.717, 1.165) is 38.5 Å². The van der Waals surface area contributed by atoms with E-state index >= 15 is 0 Å². The normalized spacial score (nSPS) is 54.8. The van der Waals surface area contributed by atoms with Crippen molar-refractivity contribution in [3.63, 3.8) is 0 Å². The standard InChI is InChI=1S/C52H88O24/c1-21(20-68-46-41(64)37(60)34(57)29(16-53)70-46)8-13-52(67-5)22(2)33-28(76-52)15-27-25-7-6-23-14-24(9-11-50(23,3)26(25)10-12-51(27,33)4)69-47-43(66)40(63)44(32(19-56)73-47)74-49-45(39(62)36(59)31(18-55)72-49)75-48-42(65)38(61)35(58)30(17-54)71-48/h21-49,53-66H,6-20H2,1-5H3/t21-,22+,23+,24+,25-,26+,27+,28+,29-,30-,31-,32-,33+,34-,35-,36-,37+,38+,39+,40-,41-,42-,43-,44+,45-,46-,47-,48+,49+,50+,51+,52-/m1/s1. The highest BCUT2D eigenvalue weighted by Gasteiger charge is 2.69. The van der Waals surface area contributed by atoms with Gasteiger partial charge in [-0.05, 0) is 104 Å². The number of hydrogen-bond acceptors (Lipinski definition) is 24. The van der Waals surface area contributed by atoms with E-state index in [1.807, 2.05) is 6.92 Å². The summed E-state index contributed by atoms with van der Waals surface area (Å²) in [5, 5.41) is 147. The predicted octanol–water partition coefficient (Wildman–Crippen LogP) is -3.30. The lowest BCUT2D eigenvalue weighted by Gasteiger charge is -2.61. The molecule has 0 unspecified atom stereocenters. The van der Waals surface area contributed by atoms with E-state index < -0.39 is 155 Å². The van der Waals surface area contributed by atoms with Gasteiger partial charge < -0.3 is 119 Å². The second-order valence-electron chi connectivity index (χ2n) is 24.4. The van der Waals surface area contributed by atoms with Crippen LogP contribution < -0.4 is 0 Å². The molecule has 5 heterocycles. The Hall–Kier alpha value is -0.960. The maximum atomic E-state index is 11.6. The van der Waals surface area contributed by atoms with Gasteiger partial charge in [-0.3, -0.25) is 0 Å². The molecule has 76 heavy (non-hydrogen) atoms. The molecule has 9 aliphatic rings. The van der Waals surface area contributed by atoms with Gasteiger partial charge in [0, 0.05) is 19.4 Å². The SMILES string of the molecule is CO[C@]1(CC[C@@H](C)CO[C@@H]2O[C@H](CO)[C@@H](O)[C@H](O)[C@H]2O)O[C@H]2C[C@H]3[C@@H]4CC[C@H]5C[C@@H](O[C@@H]6O[C@H](CO)[C@H](O[C@@H]7O[C@H](CO)[C@@H](O)[C@H](O)[C@H]7O[C@@H]7O[C@H](CO)[C@@H](O)[C@H](O)[C@H]7O)[C@H](O)[C@H]6O)CC[C@]5(C)[C@H]4CC[C@]3(C)[C@H]2[C@@H]1C. The number of methoxy groups -OCH3 is 1. The lowest BCUT2D eigenvalue weighted by molar-refractivity contribution is -0.390. The molecule has 0 aromatic heterocycles. The first-order valence-corrected chi connectivity index (χ1v) is 27.8. The zero-order valence-electron chi connectivity index (χ0n) is 44.2. The van der Waals surface area contributed by atoms with E-state index in [0.29, 0.717) is 55.3 Å². The Morgan fingerprint density at radius 1 is 0.539 bits per heavy atom. The van der Waals surface area contributed by atoms with Crippen molar-refractivity contribution in [1.29, 1.82) is 0 Å². The maximum Gasteiger partial charge on any atom is 0.187 e. The largest absolute Gasteiger partial charge is 0.394 e. The van der Waals surface area contributed by atoms with E-state index in [9.17, 15) is 71.5 Å². The third-order valence-electron chi connectivity index (χ3n) is 20.4. The quantitative estimate of drug-likeness (QED) is 0.0635. The molecule has 0 spiro atoms. The van der Waals surface area contributed by atoms with E-state index in [4.69, 9.17) is 47.4 Å². The summed E-state index contributed by atoms with van der Waals surface area (Å²) in [5.41, 5.74) is 0.0885. The van der Waals surface area contributed by atoms with Crippen molar-refractivity contribution in [2.45, 2.75) is 233 Å². The number of aliphatic hydroxyl groups excluding tert-OH is 14. The summed E-state index contributed by atoms with van der Waals surface area (Å²) < 4.78 is 60.4. The smallest absolute Gasteiger partial charge is 0.187 e. The predicted molar refractivity (Wildman–Crippen MR) is 256 cm³/mol. The average Bonchev–Trinajstić information content (AvgIpc) is 3.93. The fraction of sp³-hybridized carbons (Fsp3) is 1.00. The van der Waals surface area contributed by atoms with Crippen LogP contribution in [0, 0.1) is 52.3 Å². The molecule has 24 heteroatoms. The highest BCUT2D eigenvalue weighted by molar-refractivity contribution is 5.15. The fourth-order valence-corrected chi connectivity index (χ4v) is 16.0. The van der Waals surface area contributed by atoms with Gasteiger partial charge in [0.25, 0.3) is 0 Å². The zero-order chi connectivity index (χ0) is 54.9.